The second-order valence-corrected chi connectivity index (χ2v) is 25.4. The van der Waals surface area contributed by atoms with Crippen LogP contribution in [0.5, 0.6) is 0 Å². The van der Waals surface area contributed by atoms with Crippen LogP contribution >= 0.6 is 15.8 Å². The Labute approximate surface area is 304 Å². The molecule has 6 heteroatoms. The van der Waals surface area contributed by atoms with E-state index in [9.17, 15) is 0 Å². The Morgan fingerprint density at radius 1 is 0.540 bits per heavy atom. The van der Waals surface area contributed by atoms with Gasteiger partial charge >= 0.3 is 0 Å². The summed E-state index contributed by atoms with van der Waals surface area (Å²) in [7, 11) is -1.02. The molecule has 0 atom stereocenters. The zero-order valence-electron chi connectivity index (χ0n) is 31.7. The largest absolute Gasteiger partial charge is 0.261 e. The minimum atomic E-state index is -0.848. The molecule has 8 aliphatic rings. The fourth-order valence-corrected chi connectivity index (χ4v) is 20.5. The standard InChI is InChI=1S/C44H60N4P2/c1-41(2,3)37-17-35(27-49(39-25-45-7-9-47-39)40-26-46-8-10-48-40)36(18-38(37)42(4,5)6)28-50(43-19-29-11-30(20-43)13-31(12-29)21-43)44-22-32-14-33(23-44)16-34(15-32)24-44/h7-10,17-18,25-26,29-34H,11-16,19-24,27-28H2,1-6H3. The Morgan fingerprint density at radius 2 is 0.900 bits per heavy atom. The molecule has 11 rings (SSSR count). The lowest BCUT2D eigenvalue weighted by Crippen LogP contribution is -2.56. The van der Waals surface area contributed by atoms with Gasteiger partial charge < -0.3 is 0 Å². The van der Waals surface area contributed by atoms with Crippen LogP contribution in [0.3, 0.4) is 0 Å². The van der Waals surface area contributed by atoms with Crippen LogP contribution in [-0.4, -0.2) is 30.2 Å². The second-order valence-electron chi connectivity index (χ2n) is 20.2. The third-order valence-corrected chi connectivity index (χ3v) is 20.7. The van der Waals surface area contributed by atoms with Crippen LogP contribution in [0.1, 0.15) is 141 Å². The Morgan fingerprint density at radius 3 is 1.22 bits per heavy atom. The first-order chi connectivity index (χ1) is 23.9. The maximum Gasteiger partial charge on any atom is 0.0877 e. The van der Waals surface area contributed by atoms with Gasteiger partial charge in [-0.2, -0.15) is 0 Å². The zero-order chi connectivity index (χ0) is 34.5. The molecule has 4 nitrogen and oxygen atoms in total. The SMILES string of the molecule is CC(C)(C)c1cc(CP(c2cnccn2)c2cnccn2)c(CP(C23CC4CC(CC(C4)C2)C3)C23CC4CC(CC(C4)C2)C3)cc1C(C)(C)C. The Balaban J connectivity index is 1.21. The summed E-state index contributed by atoms with van der Waals surface area (Å²) in [6.45, 7) is 14.6. The van der Waals surface area contributed by atoms with Crippen LogP contribution in [0.2, 0.25) is 0 Å². The first-order valence-corrected chi connectivity index (χ1v) is 23.2. The maximum absolute atomic E-state index is 4.93. The van der Waals surface area contributed by atoms with Crippen LogP contribution in [0.4, 0.5) is 0 Å². The van der Waals surface area contributed by atoms with Gasteiger partial charge in [-0.3, -0.25) is 19.9 Å². The van der Waals surface area contributed by atoms with E-state index in [1.807, 2.05) is 24.8 Å². The molecule has 8 fully saturated rings. The van der Waals surface area contributed by atoms with Gasteiger partial charge in [0.15, 0.2) is 0 Å². The van der Waals surface area contributed by atoms with Crippen molar-refractivity contribution < 1.29 is 0 Å². The Bertz CT molecular complexity index is 1550. The molecule has 3 aromatic rings. The van der Waals surface area contributed by atoms with Gasteiger partial charge in [0.05, 0.1) is 23.3 Å². The first-order valence-electron chi connectivity index (χ1n) is 20.1. The van der Waals surface area contributed by atoms with Gasteiger partial charge in [-0.05, 0) is 162 Å². The van der Waals surface area contributed by atoms with Crippen molar-refractivity contribution in [1.82, 2.24) is 19.9 Å². The molecule has 2 aromatic heterocycles. The number of nitrogens with zero attached hydrogens (tertiary/aromatic N) is 4. The van der Waals surface area contributed by atoms with Gasteiger partial charge in [0.25, 0.3) is 0 Å². The molecule has 0 spiro atoms. The highest BCUT2D eigenvalue weighted by molar-refractivity contribution is 7.71. The molecule has 0 unspecified atom stereocenters. The fourth-order valence-electron chi connectivity index (χ4n) is 13.3. The van der Waals surface area contributed by atoms with Crippen molar-refractivity contribution in [2.75, 3.05) is 0 Å². The summed E-state index contributed by atoms with van der Waals surface area (Å²) in [5.41, 5.74) is 8.60. The van der Waals surface area contributed by atoms with E-state index in [4.69, 9.17) is 9.97 Å². The molecule has 8 saturated carbocycles. The molecule has 1 aromatic carbocycles. The molecule has 50 heavy (non-hydrogen) atoms. The van der Waals surface area contributed by atoms with Crippen molar-refractivity contribution in [2.45, 2.75) is 152 Å². The zero-order valence-corrected chi connectivity index (χ0v) is 33.5. The lowest BCUT2D eigenvalue weighted by molar-refractivity contribution is 0.0184. The van der Waals surface area contributed by atoms with Gasteiger partial charge in [-0.1, -0.05) is 61.6 Å². The minimum Gasteiger partial charge on any atom is -0.261 e. The van der Waals surface area contributed by atoms with E-state index in [0.717, 1.165) is 52.5 Å². The van der Waals surface area contributed by atoms with Gasteiger partial charge in [0.1, 0.15) is 0 Å². The maximum atomic E-state index is 4.93. The number of hydrogen-bond acceptors (Lipinski definition) is 4. The molecule has 0 aliphatic heterocycles. The second kappa shape index (κ2) is 12.4. The molecule has 0 saturated heterocycles. The van der Waals surface area contributed by atoms with E-state index in [1.165, 1.54) is 11.7 Å². The van der Waals surface area contributed by atoms with Crippen LogP contribution in [0.15, 0.2) is 49.3 Å². The van der Waals surface area contributed by atoms with Gasteiger partial charge in [0, 0.05) is 38.9 Å². The van der Waals surface area contributed by atoms with Crippen molar-refractivity contribution >= 4 is 26.7 Å². The molecular weight excluding hydrogens is 646 g/mol. The number of hydrogen-bond donors (Lipinski definition) is 0. The van der Waals surface area contributed by atoms with E-state index in [1.54, 1.807) is 106 Å². The summed E-state index contributed by atoms with van der Waals surface area (Å²) in [5.74, 6) is 6.05. The van der Waals surface area contributed by atoms with E-state index < -0.39 is 7.92 Å². The summed E-state index contributed by atoms with van der Waals surface area (Å²) in [4.78, 5) is 19.0. The fraction of sp³-hybridized carbons (Fsp3) is 0.682. The molecule has 0 N–H and O–H groups in total. The molecule has 2 heterocycles. The summed E-state index contributed by atoms with van der Waals surface area (Å²) in [6, 6.07) is 5.46. The average molecular weight is 707 g/mol. The first kappa shape index (κ1) is 34.0. The minimum absolute atomic E-state index is 0.0579. The van der Waals surface area contributed by atoms with Crippen molar-refractivity contribution in [3.8, 4) is 0 Å². The van der Waals surface area contributed by atoms with Crippen molar-refractivity contribution in [1.29, 1.82) is 0 Å². The number of benzene rings is 1. The van der Waals surface area contributed by atoms with E-state index in [2.05, 4.69) is 63.6 Å². The van der Waals surface area contributed by atoms with Crippen molar-refractivity contribution in [3.63, 3.8) is 0 Å². The van der Waals surface area contributed by atoms with E-state index in [0.29, 0.717) is 10.3 Å². The summed E-state index contributed by atoms with van der Waals surface area (Å²) < 4.78 is 0. The Hall–Kier alpha value is -1.76. The van der Waals surface area contributed by atoms with Crippen LogP contribution in [0.25, 0.3) is 0 Å². The van der Waals surface area contributed by atoms with E-state index in [-0.39, 0.29) is 18.8 Å². The van der Waals surface area contributed by atoms with E-state index >= 15 is 0 Å². The van der Waals surface area contributed by atoms with Gasteiger partial charge in [-0.25, -0.2) is 0 Å². The summed E-state index contributed by atoms with van der Waals surface area (Å²) in [6.07, 6.45) is 32.2. The molecule has 0 amide bonds. The van der Waals surface area contributed by atoms with Crippen LogP contribution < -0.4 is 10.9 Å². The normalized spacial score (nSPS) is 34.9. The third kappa shape index (κ3) is 6.13. The highest BCUT2D eigenvalue weighted by atomic mass is 31.1. The van der Waals surface area contributed by atoms with Gasteiger partial charge in [0.2, 0.25) is 0 Å². The lowest BCUT2D eigenvalue weighted by Gasteiger charge is -2.67. The van der Waals surface area contributed by atoms with Gasteiger partial charge in [-0.15, -0.1) is 0 Å². The topological polar surface area (TPSA) is 51.6 Å². The highest BCUT2D eigenvalue weighted by Gasteiger charge is 2.62. The van der Waals surface area contributed by atoms with Crippen molar-refractivity contribution in [2.24, 2.45) is 35.5 Å². The predicted molar refractivity (Wildman–Crippen MR) is 210 cm³/mol. The summed E-state index contributed by atoms with van der Waals surface area (Å²) >= 11 is 0. The summed E-state index contributed by atoms with van der Waals surface area (Å²) in [5, 5.41) is 1.22. The number of rotatable bonds is 8. The van der Waals surface area contributed by atoms with Crippen molar-refractivity contribution in [3.05, 3.63) is 71.6 Å². The molecule has 0 radical (unpaired) electrons. The molecule has 8 bridgehead atoms. The average Bonchev–Trinajstić information content (AvgIpc) is 3.04. The van der Waals surface area contributed by atoms with Crippen LogP contribution in [-0.2, 0) is 23.2 Å². The van der Waals surface area contributed by atoms with Crippen LogP contribution in [0, 0.1) is 35.5 Å². The molecule has 266 valence electrons. The monoisotopic (exact) mass is 706 g/mol. The number of aromatic nitrogens is 4. The molecular formula is C44H60N4P2. The highest BCUT2D eigenvalue weighted by Crippen LogP contribution is 2.79. The molecule has 8 aliphatic carbocycles. The quantitative estimate of drug-likeness (QED) is 0.219. The third-order valence-electron chi connectivity index (χ3n) is 14.4. The predicted octanol–water partition coefficient (Wildman–Crippen LogP) is 10.4. The Kier molecular flexibility index (Phi) is 8.44. The lowest BCUT2D eigenvalue weighted by atomic mass is 9.55. The smallest absolute Gasteiger partial charge is 0.0877 e.